The third kappa shape index (κ3) is 2.30. The van der Waals surface area contributed by atoms with Crippen LogP contribution in [0.4, 0.5) is 5.69 Å². The number of carbonyl (C=O) groups excluding carboxylic acids is 1. The highest BCUT2D eigenvalue weighted by Gasteiger charge is 2.16. The molecular formula is C16H14BrNO. The van der Waals surface area contributed by atoms with Crippen LogP contribution in [0.25, 0.3) is 0 Å². The Kier molecular flexibility index (Phi) is 3.15. The molecule has 0 fully saturated rings. The number of benzene rings is 2. The van der Waals surface area contributed by atoms with Crippen LogP contribution in [0.3, 0.4) is 0 Å². The second-order valence-electron chi connectivity index (χ2n) is 4.91. The molecule has 2 N–H and O–H groups in total. The predicted octanol–water partition coefficient (Wildman–Crippen LogP) is 3.75. The van der Waals surface area contributed by atoms with E-state index in [0.29, 0.717) is 11.3 Å². The van der Waals surface area contributed by atoms with Gasteiger partial charge in [0.05, 0.1) is 0 Å². The van der Waals surface area contributed by atoms with Crippen molar-refractivity contribution in [3.05, 3.63) is 63.1 Å². The molecule has 3 rings (SSSR count). The summed E-state index contributed by atoms with van der Waals surface area (Å²) >= 11 is 3.41. The third-order valence-electron chi connectivity index (χ3n) is 3.60. The summed E-state index contributed by atoms with van der Waals surface area (Å²) < 4.78 is 0.748. The van der Waals surface area contributed by atoms with Crippen LogP contribution < -0.4 is 5.73 Å². The summed E-state index contributed by atoms with van der Waals surface area (Å²) in [4.78, 5) is 12.5. The molecule has 2 nitrogen and oxygen atoms in total. The van der Waals surface area contributed by atoms with Crippen molar-refractivity contribution in [2.75, 3.05) is 5.73 Å². The Morgan fingerprint density at radius 3 is 2.63 bits per heavy atom. The van der Waals surface area contributed by atoms with E-state index in [0.717, 1.165) is 22.9 Å². The van der Waals surface area contributed by atoms with Crippen molar-refractivity contribution in [1.29, 1.82) is 0 Å². The van der Waals surface area contributed by atoms with E-state index in [4.69, 9.17) is 5.73 Å². The molecule has 2 aromatic carbocycles. The zero-order valence-electron chi connectivity index (χ0n) is 10.4. The Morgan fingerprint density at radius 1 is 1.05 bits per heavy atom. The minimum Gasteiger partial charge on any atom is -0.399 e. The van der Waals surface area contributed by atoms with E-state index in [-0.39, 0.29) is 5.78 Å². The van der Waals surface area contributed by atoms with Crippen LogP contribution in [0.15, 0.2) is 40.9 Å². The highest BCUT2D eigenvalue weighted by atomic mass is 79.9. The summed E-state index contributed by atoms with van der Waals surface area (Å²) in [5.41, 5.74) is 10.5. The number of hydrogen-bond acceptors (Lipinski definition) is 2. The molecule has 0 aliphatic heterocycles. The number of fused-ring (bicyclic) bond motifs is 1. The van der Waals surface area contributed by atoms with Crippen molar-refractivity contribution < 1.29 is 4.79 Å². The number of aryl methyl sites for hydroxylation is 2. The van der Waals surface area contributed by atoms with Crippen molar-refractivity contribution in [2.45, 2.75) is 19.3 Å². The van der Waals surface area contributed by atoms with Crippen molar-refractivity contribution in [1.82, 2.24) is 0 Å². The molecule has 1 aliphatic carbocycles. The number of anilines is 1. The van der Waals surface area contributed by atoms with E-state index in [9.17, 15) is 4.79 Å². The molecule has 0 bridgehead atoms. The van der Waals surface area contributed by atoms with Gasteiger partial charge in [-0.2, -0.15) is 0 Å². The molecular weight excluding hydrogens is 302 g/mol. The third-order valence-corrected chi connectivity index (χ3v) is 4.25. The van der Waals surface area contributed by atoms with Gasteiger partial charge in [-0.3, -0.25) is 4.79 Å². The van der Waals surface area contributed by atoms with Crippen LogP contribution in [-0.4, -0.2) is 5.78 Å². The molecule has 2 aromatic rings. The van der Waals surface area contributed by atoms with E-state index < -0.39 is 0 Å². The van der Waals surface area contributed by atoms with Gasteiger partial charge in [0, 0.05) is 21.3 Å². The molecule has 0 spiro atoms. The summed E-state index contributed by atoms with van der Waals surface area (Å²) in [5.74, 6) is 0.0431. The lowest BCUT2D eigenvalue weighted by Crippen LogP contribution is -2.04. The van der Waals surface area contributed by atoms with Gasteiger partial charge >= 0.3 is 0 Å². The Hall–Kier alpha value is -1.61. The first-order chi connectivity index (χ1) is 9.15. The second-order valence-corrected chi connectivity index (χ2v) is 5.76. The number of halogens is 1. The van der Waals surface area contributed by atoms with Gasteiger partial charge in [0.2, 0.25) is 0 Å². The van der Waals surface area contributed by atoms with Crippen LogP contribution in [0, 0.1) is 0 Å². The van der Waals surface area contributed by atoms with Crippen molar-refractivity contribution in [3.8, 4) is 0 Å². The van der Waals surface area contributed by atoms with Gasteiger partial charge in [-0.1, -0.05) is 12.1 Å². The molecule has 0 unspecified atom stereocenters. The van der Waals surface area contributed by atoms with Gasteiger partial charge in [-0.05, 0) is 70.6 Å². The number of carbonyl (C=O) groups is 1. The summed E-state index contributed by atoms with van der Waals surface area (Å²) in [6.07, 6.45) is 3.41. The minimum atomic E-state index is 0.0431. The molecule has 0 atom stereocenters. The van der Waals surface area contributed by atoms with E-state index in [2.05, 4.69) is 22.0 Å². The topological polar surface area (TPSA) is 43.1 Å². The SMILES string of the molecule is Nc1ccc(C(=O)c2ccc3c(c2)CCC3)c(Br)c1. The maximum absolute atomic E-state index is 12.5. The van der Waals surface area contributed by atoms with Crippen LogP contribution in [-0.2, 0) is 12.8 Å². The van der Waals surface area contributed by atoms with Gasteiger partial charge in [-0.15, -0.1) is 0 Å². The maximum atomic E-state index is 12.5. The lowest BCUT2D eigenvalue weighted by Gasteiger charge is -2.07. The monoisotopic (exact) mass is 315 g/mol. The second kappa shape index (κ2) is 4.82. The summed E-state index contributed by atoms with van der Waals surface area (Å²) in [6.45, 7) is 0. The van der Waals surface area contributed by atoms with Crippen LogP contribution in [0.1, 0.15) is 33.5 Å². The van der Waals surface area contributed by atoms with E-state index >= 15 is 0 Å². The Balaban J connectivity index is 2.00. The Labute approximate surface area is 120 Å². The zero-order chi connectivity index (χ0) is 13.4. The fraction of sp³-hybridized carbons (Fsp3) is 0.188. The van der Waals surface area contributed by atoms with Gasteiger partial charge in [-0.25, -0.2) is 0 Å². The van der Waals surface area contributed by atoms with E-state index in [1.807, 2.05) is 12.1 Å². The first kappa shape index (κ1) is 12.4. The molecule has 0 saturated carbocycles. The molecule has 0 saturated heterocycles. The maximum Gasteiger partial charge on any atom is 0.194 e. The highest BCUT2D eigenvalue weighted by Crippen LogP contribution is 2.26. The van der Waals surface area contributed by atoms with E-state index in [1.54, 1.807) is 18.2 Å². The number of rotatable bonds is 2. The van der Waals surface area contributed by atoms with Gasteiger partial charge < -0.3 is 5.73 Å². The average Bonchev–Trinajstić information content (AvgIpc) is 2.85. The van der Waals surface area contributed by atoms with Gasteiger partial charge in [0.15, 0.2) is 5.78 Å². The summed E-state index contributed by atoms with van der Waals surface area (Å²) in [7, 11) is 0. The first-order valence-electron chi connectivity index (χ1n) is 6.36. The molecule has 1 aliphatic rings. The summed E-state index contributed by atoms with van der Waals surface area (Å²) in [5, 5.41) is 0. The molecule has 96 valence electrons. The fourth-order valence-electron chi connectivity index (χ4n) is 2.58. The van der Waals surface area contributed by atoms with Crippen molar-refractivity contribution >= 4 is 27.4 Å². The zero-order valence-corrected chi connectivity index (χ0v) is 12.0. The average molecular weight is 316 g/mol. The standard InChI is InChI=1S/C16H14BrNO/c17-15-9-13(18)6-7-14(15)16(19)12-5-4-10-2-1-3-11(10)8-12/h4-9H,1-3,18H2. The minimum absolute atomic E-state index is 0.0431. The van der Waals surface area contributed by atoms with Crippen LogP contribution >= 0.6 is 15.9 Å². The summed E-state index contributed by atoms with van der Waals surface area (Å²) in [6, 6.07) is 11.3. The molecule has 0 heterocycles. The Morgan fingerprint density at radius 2 is 1.84 bits per heavy atom. The van der Waals surface area contributed by atoms with Crippen molar-refractivity contribution in [3.63, 3.8) is 0 Å². The molecule has 3 heteroatoms. The van der Waals surface area contributed by atoms with Gasteiger partial charge in [0.1, 0.15) is 0 Å². The molecule has 0 amide bonds. The number of ketones is 1. The molecule has 0 radical (unpaired) electrons. The van der Waals surface area contributed by atoms with E-state index in [1.165, 1.54) is 17.5 Å². The highest BCUT2D eigenvalue weighted by molar-refractivity contribution is 9.10. The first-order valence-corrected chi connectivity index (χ1v) is 7.16. The lowest BCUT2D eigenvalue weighted by atomic mass is 9.99. The van der Waals surface area contributed by atoms with Crippen LogP contribution in [0.2, 0.25) is 0 Å². The predicted molar refractivity (Wildman–Crippen MR) is 80.5 cm³/mol. The number of nitrogen functional groups attached to an aromatic ring is 1. The molecule has 0 aromatic heterocycles. The van der Waals surface area contributed by atoms with Crippen molar-refractivity contribution in [2.24, 2.45) is 0 Å². The number of nitrogens with two attached hydrogens (primary N) is 1. The normalized spacial score (nSPS) is 13.3. The van der Waals surface area contributed by atoms with Gasteiger partial charge in [0.25, 0.3) is 0 Å². The quantitative estimate of drug-likeness (QED) is 0.677. The largest absolute Gasteiger partial charge is 0.399 e. The number of hydrogen-bond donors (Lipinski definition) is 1. The lowest BCUT2D eigenvalue weighted by molar-refractivity contribution is 0.103. The Bertz CT molecular complexity index is 664. The molecule has 19 heavy (non-hydrogen) atoms. The fourth-order valence-corrected chi connectivity index (χ4v) is 3.16. The van der Waals surface area contributed by atoms with Crippen LogP contribution in [0.5, 0.6) is 0 Å². The smallest absolute Gasteiger partial charge is 0.194 e.